The van der Waals surface area contributed by atoms with Crippen LogP contribution in [-0.4, -0.2) is 0 Å². The predicted molar refractivity (Wildman–Crippen MR) is 17.4 cm³/mol. The third kappa shape index (κ3) is 0.150. The highest BCUT2D eigenvalue weighted by Gasteiger charge is 1.86. The van der Waals surface area contributed by atoms with Gasteiger partial charge in [-0.3, -0.25) is 0 Å². The molecule has 0 heterocycles. The van der Waals surface area contributed by atoms with Gasteiger partial charge < -0.3 is 0 Å². The average molecular weight is 73.5 g/mol. The number of hydrogen-bond acceptors (Lipinski definition) is 0. The maximum atomic E-state index is 6.54. The molecule has 0 fully saturated rings. The predicted octanol–water partition coefficient (Wildman–Crippen LogP) is 1.28. The minimum absolute atomic E-state index is 0.353. The van der Waals surface area contributed by atoms with Gasteiger partial charge in [0.25, 0.3) is 0 Å². The maximum Gasteiger partial charge on any atom is 0.0902 e. The van der Waals surface area contributed by atoms with Crippen molar-refractivity contribution < 1.29 is 1.37 Å². The van der Waals surface area contributed by atoms with Gasteiger partial charge in [-0.1, -0.05) is 17.3 Å². The zero-order chi connectivity index (χ0) is 3.86. The smallest absolute Gasteiger partial charge is 0.0902 e. The number of rotatable bonds is 0. The fourth-order valence-electron chi connectivity index (χ4n) is 0.0236. The number of allylic oxidation sites excluding steroid dienone is 1. The van der Waals surface area contributed by atoms with Crippen LogP contribution in [0.5, 0.6) is 0 Å². The fourth-order valence-corrected chi connectivity index (χ4v) is 0.0709. The van der Waals surface area contributed by atoms with E-state index in [1.54, 1.807) is 0 Å². The van der Waals surface area contributed by atoms with E-state index in [1.807, 2.05) is 0 Å². The normalized spacial score (nSPS) is 21.8. The zero-order valence-corrected chi connectivity index (χ0v) is 2.63. The van der Waals surface area contributed by atoms with Crippen LogP contribution in [0.4, 0.5) is 0 Å². The largest absolute Gasteiger partial charge is 0.0977 e. The van der Waals surface area contributed by atoms with E-state index in [0.29, 0.717) is 11.1 Å². The lowest BCUT2D eigenvalue weighted by molar-refractivity contribution is 2.35. The van der Waals surface area contributed by atoms with Gasteiger partial charge in [-0.05, 0) is 0 Å². The summed E-state index contributed by atoms with van der Waals surface area (Å²) in [6.07, 6.45) is 0. The SMILES string of the molecule is [2H]C1=C=C1Cl. The van der Waals surface area contributed by atoms with Gasteiger partial charge in [0.15, 0.2) is 0 Å². The van der Waals surface area contributed by atoms with Crippen LogP contribution in [0.2, 0.25) is 0 Å². The molecular weight excluding hydrogens is 71.5 g/mol. The van der Waals surface area contributed by atoms with Crippen LogP contribution in [0.1, 0.15) is 1.37 Å². The summed E-state index contributed by atoms with van der Waals surface area (Å²) in [6.45, 7) is 0. The van der Waals surface area contributed by atoms with E-state index in [2.05, 4.69) is 5.73 Å². The lowest BCUT2D eigenvalue weighted by atomic mass is 11.0. The Morgan fingerprint density at radius 2 is 2.75 bits per heavy atom. The molecule has 0 atom stereocenters. The van der Waals surface area contributed by atoms with Crippen molar-refractivity contribution >= 4 is 11.6 Å². The molecule has 0 unspecified atom stereocenters. The molecule has 0 amide bonds. The summed E-state index contributed by atoms with van der Waals surface area (Å²) in [5.74, 6) is 0. The maximum absolute atomic E-state index is 6.54. The van der Waals surface area contributed by atoms with Crippen molar-refractivity contribution in [2.75, 3.05) is 0 Å². The van der Waals surface area contributed by atoms with Gasteiger partial charge in [0.05, 0.1) is 6.40 Å². The van der Waals surface area contributed by atoms with Crippen LogP contribution < -0.4 is 0 Å². The van der Waals surface area contributed by atoms with Crippen LogP contribution >= 0.6 is 11.6 Å². The Morgan fingerprint density at radius 3 is 2.75 bits per heavy atom. The van der Waals surface area contributed by atoms with E-state index in [9.17, 15) is 0 Å². The van der Waals surface area contributed by atoms with Crippen LogP contribution in [0, 0.1) is 0 Å². The first-order chi connectivity index (χ1) is 2.30. The summed E-state index contributed by atoms with van der Waals surface area (Å²) in [5.41, 5.74) is 2.46. The van der Waals surface area contributed by atoms with Crippen molar-refractivity contribution in [3.63, 3.8) is 0 Å². The van der Waals surface area contributed by atoms with Gasteiger partial charge in [0.2, 0.25) is 0 Å². The lowest BCUT2D eigenvalue weighted by Crippen LogP contribution is -1.17. The molecule has 1 rings (SSSR count). The molecule has 1 heteroatoms. The molecule has 0 aromatic carbocycles. The van der Waals surface area contributed by atoms with E-state index >= 15 is 0 Å². The summed E-state index contributed by atoms with van der Waals surface area (Å²) in [6, 6.07) is 0.353. The Labute approximate surface area is 30.8 Å². The molecule has 0 aromatic rings. The second kappa shape index (κ2) is 0.398. The molecule has 20 valence electrons. The Morgan fingerprint density at radius 1 is 2.50 bits per heavy atom. The van der Waals surface area contributed by atoms with Crippen LogP contribution in [0.3, 0.4) is 0 Å². The first kappa shape index (κ1) is 1.30. The first-order valence-corrected chi connectivity index (χ1v) is 1.32. The van der Waals surface area contributed by atoms with Gasteiger partial charge in [-0.2, -0.15) is 0 Å². The van der Waals surface area contributed by atoms with Crippen molar-refractivity contribution in [3.8, 4) is 0 Å². The van der Waals surface area contributed by atoms with Gasteiger partial charge in [-0.15, -0.1) is 0 Å². The molecule has 0 saturated heterocycles. The Balaban J connectivity index is 2.59. The quantitative estimate of drug-likeness (QED) is 0.379. The van der Waals surface area contributed by atoms with Crippen LogP contribution in [0.25, 0.3) is 0 Å². The summed E-state index contributed by atoms with van der Waals surface area (Å²) in [4.78, 5) is 0. The summed E-state index contributed by atoms with van der Waals surface area (Å²) in [7, 11) is 0. The molecule has 0 radical (unpaired) electrons. The minimum Gasteiger partial charge on any atom is -0.0977 e. The third-order valence-corrected chi connectivity index (χ3v) is 0.408. The van der Waals surface area contributed by atoms with Gasteiger partial charge in [-0.25, -0.2) is 0 Å². The lowest BCUT2D eigenvalue weighted by Gasteiger charge is -1.41. The van der Waals surface area contributed by atoms with E-state index in [-0.39, 0.29) is 0 Å². The zero-order valence-electron chi connectivity index (χ0n) is 2.88. The molecule has 1 aliphatic carbocycles. The Kier molecular flexibility index (Phi) is 0.129. The minimum atomic E-state index is 0.353. The highest BCUT2D eigenvalue weighted by atomic mass is 35.5. The molecule has 0 aromatic heterocycles. The van der Waals surface area contributed by atoms with Gasteiger partial charge in [0.1, 0.15) is 0 Å². The van der Waals surface area contributed by atoms with Crippen molar-refractivity contribution in [3.05, 3.63) is 16.8 Å². The van der Waals surface area contributed by atoms with Crippen molar-refractivity contribution in [2.24, 2.45) is 0 Å². The highest BCUT2D eigenvalue weighted by molar-refractivity contribution is 6.33. The van der Waals surface area contributed by atoms with Crippen molar-refractivity contribution in [1.29, 1.82) is 0 Å². The third-order valence-electron chi connectivity index (χ3n) is 0.219. The van der Waals surface area contributed by atoms with E-state index in [1.165, 1.54) is 0 Å². The molecule has 0 saturated carbocycles. The molecular formula is C3HCl. The molecule has 0 N–H and O–H groups in total. The summed E-state index contributed by atoms with van der Waals surface area (Å²) in [5, 5.41) is 0.477. The van der Waals surface area contributed by atoms with Crippen molar-refractivity contribution in [1.82, 2.24) is 0 Å². The molecule has 0 nitrogen and oxygen atoms in total. The molecule has 4 heavy (non-hydrogen) atoms. The number of halogens is 1. The number of hydrogen-bond donors (Lipinski definition) is 0. The highest BCUT2D eigenvalue weighted by Crippen LogP contribution is 2.08. The monoisotopic (exact) mass is 73.0 g/mol. The molecule has 1 aliphatic rings. The topological polar surface area (TPSA) is 0 Å². The standard InChI is InChI=1S/C3HCl/c4-3-1-2-3/h1H/i1D. The van der Waals surface area contributed by atoms with Gasteiger partial charge >= 0.3 is 0 Å². The second-order valence-electron chi connectivity index (χ2n) is 0.564. The first-order valence-electron chi connectivity index (χ1n) is 1.44. The van der Waals surface area contributed by atoms with E-state index in [4.69, 9.17) is 13.0 Å². The average Bonchev–Trinajstić information content (AvgIpc) is 1.79. The molecule has 0 aliphatic heterocycles. The summed E-state index contributed by atoms with van der Waals surface area (Å²) < 4.78 is 6.54. The van der Waals surface area contributed by atoms with Crippen molar-refractivity contribution in [2.45, 2.75) is 0 Å². The molecule has 0 bridgehead atoms. The summed E-state index contributed by atoms with van der Waals surface area (Å²) >= 11 is 5.12. The Hall–Kier alpha value is -0.190. The van der Waals surface area contributed by atoms with E-state index < -0.39 is 0 Å². The van der Waals surface area contributed by atoms with E-state index in [0.717, 1.165) is 0 Å². The Bertz CT molecular complexity index is 107. The second-order valence-corrected chi connectivity index (χ2v) is 0.942. The van der Waals surface area contributed by atoms with Crippen LogP contribution in [0.15, 0.2) is 16.8 Å². The molecule has 0 spiro atoms. The van der Waals surface area contributed by atoms with Crippen LogP contribution in [-0.2, 0) is 0 Å². The fraction of sp³-hybridized carbons (Fsp3) is 0. The van der Waals surface area contributed by atoms with Gasteiger partial charge in [0, 0.05) is 6.05 Å².